The highest BCUT2D eigenvalue weighted by Crippen LogP contribution is 2.38. The summed E-state index contributed by atoms with van der Waals surface area (Å²) in [7, 11) is 3.17. The number of fused-ring (bicyclic) bond motifs is 2. The Morgan fingerprint density at radius 3 is 2.74 bits per heavy atom. The molecule has 3 aromatic rings. The first-order valence-corrected chi connectivity index (χ1v) is 14.4. The molecule has 0 unspecified atom stereocenters. The molecule has 2 aliphatic rings. The highest BCUT2D eigenvalue weighted by molar-refractivity contribution is 6.30. The zero-order valence-corrected chi connectivity index (χ0v) is 25.1. The van der Waals surface area contributed by atoms with Crippen LogP contribution in [0.25, 0.3) is 16.6 Å². The summed E-state index contributed by atoms with van der Waals surface area (Å²) >= 11 is 6.24. The number of piperidine rings is 1. The van der Waals surface area contributed by atoms with Crippen LogP contribution in [0.1, 0.15) is 37.2 Å². The minimum Gasteiger partial charge on any atom is -0.494 e. The number of rotatable bonds is 10. The number of anilines is 1. The highest BCUT2D eigenvalue weighted by atomic mass is 35.5. The quantitative estimate of drug-likeness (QED) is 0.264. The van der Waals surface area contributed by atoms with Gasteiger partial charge in [-0.15, -0.1) is 0 Å². The summed E-state index contributed by atoms with van der Waals surface area (Å²) in [6, 6.07) is 5.36. The van der Waals surface area contributed by atoms with Gasteiger partial charge in [0.15, 0.2) is 5.69 Å². The van der Waals surface area contributed by atoms with Gasteiger partial charge in [-0.25, -0.2) is 9.67 Å². The van der Waals surface area contributed by atoms with Gasteiger partial charge in [0.2, 0.25) is 0 Å². The molecule has 2 aliphatic heterocycles. The Bertz CT molecular complexity index is 1450. The Morgan fingerprint density at radius 2 is 2.00 bits per heavy atom. The molecular formula is C29H37ClN6O6. The number of benzene rings is 1. The fourth-order valence-electron chi connectivity index (χ4n) is 5.36. The maximum Gasteiger partial charge on any atom is 0.309 e. The molecule has 1 aromatic carbocycles. The predicted molar refractivity (Wildman–Crippen MR) is 158 cm³/mol. The zero-order valence-electron chi connectivity index (χ0n) is 24.4. The number of nitrogens with zero attached hydrogens (tertiary/aromatic N) is 4. The van der Waals surface area contributed by atoms with Crippen molar-refractivity contribution >= 4 is 40.1 Å². The maximum absolute atomic E-state index is 13.3. The molecule has 2 N–H and O–H groups in total. The first-order valence-electron chi connectivity index (χ1n) is 14.0. The van der Waals surface area contributed by atoms with Crippen LogP contribution >= 0.6 is 11.6 Å². The van der Waals surface area contributed by atoms with Crippen molar-refractivity contribution in [1.82, 2.24) is 25.0 Å². The van der Waals surface area contributed by atoms with E-state index in [1.54, 1.807) is 31.2 Å². The third-order valence-corrected chi connectivity index (χ3v) is 7.64. The summed E-state index contributed by atoms with van der Waals surface area (Å²) in [5.74, 6) is 0.590. The lowest BCUT2D eigenvalue weighted by Gasteiger charge is -2.33. The third kappa shape index (κ3) is 6.55. The molecule has 1 amide bonds. The number of nitrogens with one attached hydrogen (secondary N) is 2. The average molecular weight is 601 g/mol. The summed E-state index contributed by atoms with van der Waals surface area (Å²) in [4.78, 5) is 32.4. The molecule has 0 bridgehead atoms. The Hall–Kier alpha value is -3.61. The van der Waals surface area contributed by atoms with Crippen molar-refractivity contribution in [2.24, 2.45) is 5.92 Å². The molecular weight excluding hydrogens is 564 g/mol. The monoisotopic (exact) mass is 600 g/mol. The van der Waals surface area contributed by atoms with Gasteiger partial charge < -0.3 is 34.5 Å². The van der Waals surface area contributed by atoms with Crippen LogP contribution < -0.4 is 20.1 Å². The zero-order chi connectivity index (χ0) is 29.9. The van der Waals surface area contributed by atoms with Gasteiger partial charge in [-0.2, -0.15) is 5.10 Å². The number of hydrogen-bond acceptors (Lipinski definition) is 10. The van der Waals surface area contributed by atoms with Crippen LogP contribution in [0.2, 0.25) is 5.15 Å². The molecule has 226 valence electrons. The number of methoxy groups -OCH3 is 2. The number of aromatic nitrogens is 3. The Kier molecular flexibility index (Phi) is 9.05. The van der Waals surface area contributed by atoms with Crippen LogP contribution in [0.5, 0.6) is 11.5 Å². The molecule has 0 saturated carbocycles. The minimum absolute atomic E-state index is 0.136. The third-order valence-electron chi connectivity index (χ3n) is 7.43. The molecule has 5 rings (SSSR count). The topological polar surface area (TPSA) is 129 Å². The molecule has 12 nitrogen and oxygen atoms in total. The number of pyridine rings is 1. The van der Waals surface area contributed by atoms with E-state index in [2.05, 4.69) is 25.6 Å². The highest BCUT2D eigenvalue weighted by Gasteiger charge is 2.31. The van der Waals surface area contributed by atoms with Crippen LogP contribution in [-0.2, 0) is 14.3 Å². The van der Waals surface area contributed by atoms with Crippen molar-refractivity contribution < 1.29 is 28.5 Å². The summed E-state index contributed by atoms with van der Waals surface area (Å²) < 4.78 is 23.9. The second-order valence-electron chi connectivity index (χ2n) is 11.1. The molecule has 13 heteroatoms. The number of carbonyl (C=O) groups is 2. The van der Waals surface area contributed by atoms with Gasteiger partial charge >= 0.3 is 5.97 Å². The summed E-state index contributed by atoms with van der Waals surface area (Å²) in [5, 5.41) is 11.8. The van der Waals surface area contributed by atoms with E-state index in [1.807, 2.05) is 26.0 Å². The largest absolute Gasteiger partial charge is 0.494 e. The van der Waals surface area contributed by atoms with Crippen molar-refractivity contribution in [3.05, 3.63) is 35.2 Å². The van der Waals surface area contributed by atoms with E-state index in [-0.39, 0.29) is 28.6 Å². The average Bonchev–Trinajstić information content (AvgIpc) is 3.35. The Morgan fingerprint density at radius 1 is 1.21 bits per heavy atom. The van der Waals surface area contributed by atoms with Gasteiger partial charge in [0, 0.05) is 51.1 Å². The van der Waals surface area contributed by atoms with Gasteiger partial charge in [-0.3, -0.25) is 9.59 Å². The van der Waals surface area contributed by atoms with Crippen molar-refractivity contribution in [2.75, 3.05) is 65.5 Å². The molecule has 0 aliphatic carbocycles. The Balaban J connectivity index is 1.24. The number of likely N-dealkylation sites (tertiary alicyclic amines) is 1. The lowest BCUT2D eigenvalue weighted by molar-refractivity contribution is -0.167. The number of halogens is 1. The van der Waals surface area contributed by atoms with E-state index in [1.165, 1.54) is 0 Å². The molecule has 2 aromatic heterocycles. The lowest BCUT2D eigenvalue weighted by Crippen LogP contribution is -2.43. The molecule has 4 heterocycles. The molecule has 42 heavy (non-hydrogen) atoms. The van der Waals surface area contributed by atoms with E-state index in [9.17, 15) is 9.59 Å². The van der Waals surface area contributed by atoms with Crippen LogP contribution in [0.15, 0.2) is 24.4 Å². The second kappa shape index (κ2) is 12.7. The molecule has 1 saturated heterocycles. The number of ether oxygens (including phenoxy) is 4. The van der Waals surface area contributed by atoms with Crippen LogP contribution in [0.4, 0.5) is 5.69 Å². The van der Waals surface area contributed by atoms with Crippen LogP contribution in [0.3, 0.4) is 0 Å². The number of hydrogen-bond donors (Lipinski definition) is 2. The fraction of sp³-hybridized carbons (Fsp3) is 0.517. The first-order chi connectivity index (χ1) is 20.2. The van der Waals surface area contributed by atoms with Gasteiger partial charge in [-0.05, 0) is 39.8 Å². The SMILES string of the molecule is COCC(C)(C)OC(=O)C1CCN(CCNC(=O)c2nn(-c3cc4c(cc3OC)NCCO4)c3cc(Cl)ncc23)CC1. The number of amides is 1. The van der Waals surface area contributed by atoms with Crippen molar-refractivity contribution in [2.45, 2.75) is 32.3 Å². The molecule has 0 atom stereocenters. The molecule has 0 radical (unpaired) electrons. The number of carbonyl (C=O) groups excluding carboxylic acids is 2. The second-order valence-corrected chi connectivity index (χ2v) is 11.5. The van der Waals surface area contributed by atoms with Crippen molar-refractivity contribution in [3.63, 3.8) is 0 Å². The standard InChI is InChI=1S/C29H37ClN6O6/c1-29(2,17-39-3)42-28(38)18-5-9-35(10-6-18)11-7-32-27(37)26-19-16-33-25(30)15-21(19)36(34-26)22-14-23-20(13-24(22)40-4)31-8-12-41-23/h13-16,18,31H,5-12,17H2,1-4H3,(H,32,37). The predicted octanol–water partition coefficient (Wildman–Crippen LogP) is 3.30. The minimum atomic E-state index is -0.652. The molecule has 0 spiro atoms. The summed E-state index contributed by atoms with van der Waals surface area (Å²) in [5.41, 5.74) is 1.63. The van der Waals surface area contributed by atoms with Crippen LogP contribution in [0, 0.1) is 5.92 Å². The smallest absolute Gasteiger partial charge is 0.309 e. The van der Waals surface area contributed by atoms with E-state index in [0.717, 1.165) is 18.8 Å². The van der Waals surface area contributed by atoms with E-state index >= 15 is 0 Å². The van der Waals surface area contributed by atoms with E-state index in [0.29, 0.717) is 73.8 Å². The molecule has 1 fully saturated rings. The first kappa shape index (κ1) is 29.9. The Labute approximate surface area is 249 Å². The summed E-state index contributed by atoms with van der Waals surface area (Å²) in [6.45, 7) is 7.84. The van der Waals surface area contributed by atoms with Gasteiger partial charge in [-0.1, -0.05) is 11.6 Å². The van der Waals surface area contributed by atoms with Crippen molar-refractivity contribution in [3.8, 4) is 17.2 Å². The van der Waals surface area contributed by atoms with Gasteiger partial charge in [0.25, 0.3) is 5.91 Å². The van der Waals surface area contributed by atoms with Crippen LogP contribution in [-0.4, -0.2) is 97.3 Å². The fourth-order valence-corrected chi connectivity index (χ4v) is 5.51. The normalized spacial score (nSPS) is 15.9. The van der Waals surface area contributed by atoms with Gasteiger partial charge in [0.05, 0.1) is 36.2 Å². The summed E-state index contributed by atoms with van der Waals surface area (Å²) in [6.07, 6.45) is 2.97. The number of esters is 1. The van der Waals surface area contributed by atoms with E-state index in [4.69, 9.17) is 30.5 Å². The van der Waals surface area contributed by atoms with Crippen molar-refractivity contribution in [1.29, 1.82) is 0 Å². The lowest BCUT2D eigenvalue weighted by atomic mass is 9.96. The maximum atomic E-state index is 13.3. The van der Waals surface area contributed by atoms with Gasteiger partial charge in [0.1, 0.15) is 34.5 Å². The van der Waals surface area contributed by atoms with E-state index < -0.39 is 5.60 Å².